The Morgan fingerprint density at radius 3 is 2.61 bits per heavy atom. The maximum atomic E-state index is 13.7. The number of benzene rings is 2. The van der Waals surface area contributed by atoms with Crippen LogP contribution in [0.3, 0.4) is 0 Å². The number of nitrogens with one attached hydrogen (secondary N) is 1. The number of thioether (sulfide) groups is 1. The second-order valence-electron chi connectivity index (χ2n) is 8.64. The van der Waals surface area contributed by atoms with E-state index in [9.17, 15) is 9.59 Å². The zero-order valence-electron chi connectivity index (χ0n) is 19.9. The topological polar surface area (TPSA) is 76.3 Å². The van der Waals surface area contributed by atoms with Gasteiger partial charge in [0.1, 0.15) is 4.83 Å². The highest BCUT2D eigenvalue weighted by atomic mass is 32.2. The predicted octanol–water partition coefficient (Wildman–Crippen LogP) is 5.62. The Morgan fingerprint density at radius 1 is 1.11 bits per heavy atom. The standard InChI is InChI=1S/C28H26N4O2S2/c1-19(16-20-10-4-2-5-11-20)17-29-31-24(33)18-35-28-30-26-25(22-14-8-9-15-23(22)36-26)27(34)32(28)21-12-6-3-7-13-21/h2-7,10-13,16-17H,8-9,14-15,18H2,1H3,(H,31,33). The van der Waals surface area contributed by atoms with Crippen LogP contribution in [0.1, 0.15) is 35.8 Å². The Kier molecular flexibility index (Phi) is 7.44. The first-order valence-electron chi connectivity index (χ1n) is 11.9. The first kappa shape index (κ1) is 24.2. The van der Waals surface area contributed by atoms with Crippen molar-refractivity contribution in [2.75, 3.05) is 5.75 Å². The van der Waals surface area contributed by atoms with Crippen molar-refractivity contribution in [1.82, 2.24) is 15.0 Å². The van der Waals surface area contributed by atoms with Gasteiger partial charge in [0.15, 0.2) is 5.16 Å². The Labute approximate surface area is 217 Å². The summed E-state index contributed by atoms with van der Waals surface area (Å²) in [7, 11) is 0. The maximum Gasteiger partial charge on any atom is 0.267 e. The molecule has 182 valence electrons. The van der Waals surface area contributed by atoms with E-state index < -0.39 is 0 Å². The van der Waals surface area contributed by atoms with Gasteiger partial charge in [-0.2, -0.15) is 5.10 Å². The number of aryl methyl sites for hydroxylation is 2. The number of para-hydroxylation sites is 1. The van der Waals surface area contributed by atoms with Crippen LogP contribution in [-0.2, 0) is 17.6 Å². The molecule has 0 atom stereocenters. The number of allylic oxidation sites excluding steroid dienone is 1. The quantitative estimate of drug-likeness (QED) is 0.150. The third-order valence-corrected chi connectivity index (χ3v) is 8.08. The molecule has 1 aliphatic carbocycles. The van der Waals surface area contributed by atoms with Crippen LogP contribution in [0.4, 0.5) is 0 Å². The van der Waals surface area contributed by atoms with Crippen LogP contribution in [0.5, 0.6) is 0 Å². The average Bonchev–Trinajstić information content (AvgIpc) is 3.27. The van der Waals surface area contributed by atoms with E-state index in [2.05, 4.69) is 10.5 Å². The molecule has 0 unspecified atom stereocenters. The number of rotatable bonds is 7. The number of carbonyl (C=O) groups is 1. The lowest BCUT2D eigenvalue weighted by atomic mass is 9.97. The molecular formula is C28H26N4O2S2. The van der Waals surface area contributed by atoms with Crippen molar-refractivity contribution in [2.45, 2.75) is 37.8 Å². The van der Waals surface area contributed by atoms with Crippen molar-refractivity contribution in [2.24, 2.45) is 5.10 Å². The Morgan fingerprint density at radius 2 is 1.83 bits per heavy atom. The second-order valence-corrected chi connectivity index (χ2v) is 10.7. The van der Waals surface area contributed by atoms with Gasteiger partial charge in [0.25, 0.3) is 11.5 Å². The molecule has 5 rings (SSSR count). The van der Waals surface area contributed by atoms with Crippen LogP contribution in [0.25, 0.3) is 22.0 Å². The van der Waals surface area contributed by atoms with Gasteiger partial charge in [-0.25, -0.2) is 10.4 Å². The van der Waals surface area contributed by atoms with E-state index in [4.69, 9.17) is 4.98 Å². The summed E-state index contributed by atoms with van der Waals surface area (Å²) in [5, 5.41) is 5.32. The molecule has 2 heterocycles. The minimum atomic E-state index is -0.261. The molecule has 0 radical (unpaired) electrons. The summed E-state index contributed by atoms with van der Waals surface area (Å²) in [4.78, 5) is 33.1. The third kappa shape index (κ3) is 5.34. The van der Waals surface area contributed by atoms with E-state index in [1.54, 1.807) is 22.1 Å². The number of hydrazone groups is 1. The molecule has 36 heavy (non-hydrogen) atoms. The molecule has 2 aromatic carbocycles. The normalized spacial score (nSPS) is 13.8. The van der Waals surface area contributed by atoms with Crippen LogP contribution in [0.2, 0.25) is 0 Å². The van der Waals surface area contributed by atoms with Gasteiger partial charge in [-0.15, -0.1) is 11.3 Å². The zero-order chi connectivity index (χ0) is 24.9. The monoisotopic (exact) mass is 514 g/mol. The van der Waals surface area contributed by atoms with Crippen LogP contribution >= 0.6 is 23.1 Å². The number of hydrogen-bond acceptors (Lipinski definition) is 6. The van der Waals surface area contributed by atoms with E-state index in [1.165, 1.54) is 16.6 Å². The summed E-state index contributed by atoms with van der Waals surface area (Å²) in [6, 6.07) is 19.4. The zero-order valence-corrected chi connectivity index (χ0v) is 21.6. The SMILES string of the molecule is CC(C=NNC(=O)CSc1nc2sc3c(c2c(=O)n1-c1ccccc1)CCCC3)=Cc1ccccc1. The molecule has 4 aromatic rings. The highest BCUT2D eigenvalue weighted by Gasteiger charge is 2.23. The summed E-state index contributed by atoms with van der Waals surface area (Å²) in [5.74, 6) is -0.169. The smallest absolute Gasteiger partial charge is 0.267 e. The van der Waals surface area contributed by atoms with Gasteiger partial charge in [0.05, 0.1) is 23.0 Å². The van der Waals surface area contributed by atoms with E-state index in [0.717, 1.165) is 58.3 Å². The molecule has 0 saturated carbocycles. The van der Waals surface area contributed by atoms with E-state index in [0.29, 0.717) is 5.16 Å². The fourth-order valence-electron chi connectivity index (χ4n) is 4.31. The molecule has 2 aromatic heterocycles. The van der Waals surface area contributed by atoms with E-state index in [-0.39, 0.29) is 17.2 Å². The second kappa shape index (κ2) is 11.1. The number of aromatic nitrogens is 2. The Bertz CT molecular complexity index is 1510. The molecule has 1 aliphatic rings. The molecule has 0 aliphatic heterocycles. The molecule has 1 N–H and O–H groups in total. The molecular weight excluding hydrogens is 488 g/mol. The average molecular weight is 515 g/mol. The van der Waals surface area contributed by atoms with Crippen LogP contribution in [-0.4, -0.2) is 27.4 Å². The fourth-order valence-corrected chi connectivity index (χ4v) is 6.41. The number of thiophene rings is 1. The molecule has 0 saturated heterocycles. The summed E-state index contributed by atoms with van der Waals surface area (Å²) in [6.45, 7) is 1.93. The summed E-state index contributed by atoms with van der Waals surface area (Å²) in [5.41, 5.74) is 6.40. The van der Waals surface area contributed by atoms with Gasteiger partial charge in [-0.3, -0.25) is 14.2 Å². The maximum absolute atomic E-state index is 13.7. The van der Waals surface area contributed by atoms with Gasteiger partial charge in [-0.05, 0) is 61.4 Å². The number of amides is 1. The highest BCUT2D eigenvalue weighted by molar-refractivity contribution is 7.99. The van der Waals surface area contributed by atoms with Crippen molar-refractivity contribution in [3.8, 4) is 5.69 Å². The number of fused-ring (bicyclic) bond motifs is 3. The van der Waals surface area contributed by atoms with E-state index in [1.807, 2.05) is 73.7 Å². The van der Waals surface area contributed by atoms with Gasteiger partial charge in [-0.1, -0.05) is 66.4 Å². The lowest BCUT2D eigenvalue weighted by molar-refractivity contribution is -0.118. The molecule has 1 amide bonds. The van der Waals surface area contributed by atoms with Crippen molar-refractivity contribution in [3.63, 3.8) is 0 Å². The van der Waals surface area contributed by atoms with Crippen molar-refractivity contribution in [3.05, 3.63) is 92.6 Å². The van der Waals surface area contributed by atoms with Gasteiger partial charge >= 0.3 is 0 Å². The number of nitrogens with zero attached hydrogens (tertiary/aromatic N) is 3. The lowest BCUT2D eigenvalue weighted by Gasteiger charge is -2.13. The minimum absolute atomic E-state index is 0.0618. The first-order valence-corrected chi connectivity index (χ1v) is 13.7. The van der Waals surface area contributed by atoms with Gasteiger partial charge in [0, 0.05) is 4.88 Å². The summed E-state index contributed by atoms with van der Waals surface area (Å²) < 4.78 is 1.64. The van der Waals surface area contributed by atoms with E-state index >= 15 is 0 Å². The van der Waals surface area contributed by atoms with Crippen LogP contribution in [0.15, 0.2) is 81.3 Å². The van der Waals surface area contributed by atoms with Crippen LogP contribution < -0.4 is 11.0 Å². The number of hydrogen-bond donors (Lipinski definition) is 1. The molecule has 6 nitrogen and oxygen atoms in total. The molecule has 8 heteroatoms. The fraction of sp³-hybridized carbons (Fsp3) is 0.214. The summed E-state index contributed by atoms with van der Waals surface area (Å²) >= 11 is 2.86. The lowest BCUT2D eigenvalue weighted by Crippen LogP contribution is -2.24. The Hall–Kier alpha value is -3.49. The first-order chi connectivity index (χ1) is 17.6. The van der Waals surface area contributed by atoms with Crippen LogP contribution in [0, 0.1) is 0 Å². The highest BCUT2D eigenvalue weighted by Crippen LogP contribution is 2.35. The molecule has 0 spiro atoms. The Balaban J connectivity index is 1.36. The van der Waals surface area contributed by atoms with Gasteiger partial charge in [0.2, 0.25) is 0 Å². The largest absolute Gasteiger partial charge is 0.272 e. The molecule has 0 bridgehead atoms. The third-order valence-electron chi connectivity index (χ3n) is 5.96. The van der Waals surface area contributed by atoms with Crippen molar-refractivity contribution >= 4 is 51.5 Å². The van der Waals surface area contributed by atoms with Crippen molar-refractivity contribution < 1.29 is 4.79 Å². The summed E-state index contributed by atoms with van der Waals surface area (Å²) in [6.07, 6.45) is 7.78. The minimum Gasteiger partial charge on any atom is -0.272 e. The molecule has 0 fully saturated rings. The predicted molar refractivity (Wildman–Crippen MR) is 149 cm³/mol. The number of carbonyl (C=O) groups excluding carboxylic acids is 1. The van der Waals surface area contributed by atoms with Gasteiger partial charge < -0.3 is 0 Å². The van der Waals surface area contributed by atoms with Crippen molar-refractivity contribution in [1.29, 1.82) is 0 Å².